The number of amides is 1. The van der Waals surface area contributed by atoms with Crippen LogP contribution in [0.4, 0.5) is 5.69 Å². The van der Waals surface area contributed by atoms with Crippen molar-refractivity contribution in [1.82, 2.24) is 4.31 Å². The second kappa shape index (κ2) is 9.01. The minimum absolute atomic E-state index is 0.0606. The van der Waals surface area contributed by atoms with E-state index in [-0.39, 0.29) is 10.5 Å². The van der Waals surface area contributed by atoms with Gasteiger partial charge in [-0.25, -0.2) is 8.42 Å². The lowest BCUT2D eigenvalue weighted by Gasteiger charge is -2.26. The van der Waals surface area contributed by atoms with E-state index in [0.29, 0.717) is 18.8 Å². The summed E-state index contributed by atoms with van der Waals surface area (Å²) in [6.45, 7) is 1.02. The van der Waals surface area contributed by atoms with Crippen molar-refractivity contribution in [2.75, 3.05) is 18.4 Å². The molecule has 6 nitrogen and oxygen atoms in total. The molecule has 1 N–H and O–H groups in total. The summed E-state index contributed by atoms with van der Waals surface area (Å²) < 4.78 is 28.0. The predicted octanol–water partition coefficient (Wildman–Crippen LogP) is 4.23. The van der Waals surface area contributed by atoms with Gasteiger partial charge in [0.1, 0.15) is 11.6 Å². The molecule has 0 atom stereocenters. The maximum absolute atomic E-state index is 12.8. The summed E-state index contributed by atoms with van der Waals surface area (Å²) in [5, 5.41) is 13.7. The highest BCUT2D eigenvalue weighted by Gasteiger charge is 2.26. The third-order valence-corrected chi connectivity index (χ3v) is 7.73. The number of carbonyl (C=O) groups excluding carboxylic acids is 1. The monoisotopic (exact) mass is 479 g/mol. The molecule has 0 unspecified atom stereocenters. The van der Waals surface area contributed by atoms with E-state index >= 15 is 0 Å². The molecule has 28 heavy (non-hydrogen) atoms. The van der Waals surface area contributed by atoms with Crippen LogP contribution in [0.1, 0.15) is 24.8 Å². The normalized spacial score (nSPS) is 15.8. The fraction of sp³-hybridized carbons (Fsp3) is 0.263. The molecule has 9 heteroatoms. The molecule has 2 aromatic rings. The van der Waals surface area contributed by atoms with Crippen LogP contribution in [0.5, 0.6) is 0 Å². The molecule has 1 aliphatic rings. The number of piperidine rings is 1. The Morgan fingerprint density at radius 3 is 2.64 bits per heavy atom. The Balaban J connectivity index is 1.79. The molecule has 1 saturated heterocycles. The third kappa shape index (κ3) is 4.89. The van der Waals surface area contributed by atoms with Crippen LogP contribution in [0.2, 0.25) is 0 Å². The molecule has 1 aromatic heterocycles. The highest BCUT2D eigenvalue weighted by molar-refractivity contribution is 9.11. The van der Waals surface area contributed by atoms with Crippen LogP contribution < -0.4 is 5.32 Å². The molecular weight excluding hydrogens is 462 g/mol. The number of hydrogen-bond acceptors (Lipinski definition) is 5. The number of benzene rings is 1. The van der Waals surface area contributed by atoms with Gasteiger partial charge in [0.2, 0.25) is 10.0 Å². The molecule has 0 bridgehead atoms. The highest BCUT2D eigenvalue weighted by Crippen LogP contribution is 2.24. The Kier molecular flexibility index (Phi) is 6.67. The van der Waals surface area contributed by atoms with E-state index in [4.69, 9.17) is 0 Å². The number of hydrogen-bond donors (Lipinski definition) is 1. The first-order valence-electron chi connectivity index (χ1n) is 8.67. The standard InChI is InChI=1S/C19H18BrN3O3S2/c20-18-10-14(13-27-18)9-15(12-21)19(24)22-16-5-4-6-17(11-16)28(25,26)23-7-2-1-3-8-23/h4-6,9-11,13H,1-3,7-8H2,(H,22,24)/b15-9+. The average molecular weight is 480 g/mol. The number of nitriles is 1. The first kappa shape index (κ1) is 20.7. The lowest BCUT2D eigenvalue weighted by atomic mass is 10.2. The van der Waals surface area contributed by atoms with E-state index in [1.807, 2.05) is 11.4 Å². The van der Waals surface area contributed by atoms with E-state index in [0.717, 1.165) is 28.6 Å². The SMILES string of the molecule is N#C/C(=C\c1csc(Br)c1)C(=O)Nc1cccc(S(=O)(=O)N2CCCCC2)c1. The summed E-state index contributed by atoms with van der Waals surface area (Å²) >= 11 is 4.79. The summed E-state index contributed by atoms with van der Waals surface area (Å²) in [6.07, 6.45) is 4.23. The van der Waals surface area contributed by atoms with Crippen LogP contribution >= 0.6 is 27.3 Å². The van der Waals surface area contributed by atoms with Crippen molar-refractivity contribution in [2.24, 2.45) is 0 Å². The second-order valence-electron chi connectivity index (χ2n) is 6.30. The first-order chi connectivity index (χ1) is 13.4. The Morgan fingerprint density at radius 1 is 1.25 bits per heavy atom. The van der Waals surface area contributed by atoms with Crippen LogP contribution in [0.15, 0.2) is 50.0 Å². The minimum Gasteiger partial charge on any atom is -0.321 e. The zero-order valence-electron chi connectivity index (χ0n) is 14.9. The molecular formula is C19H18BrN3O3S2. The minimum atomic E-state index is -3.59. The largest absolute Gasteiger partial charge is 0.321 e. The quantitative estimate of drug-likeness (QED) is 0.512. The predicted molar refractivity (Wildman–Crippen MR) is 113 cm³/mol. The van der Waals surface area contributed by atoms with Crippen molar-refractivity contribution in [3.63, 3.8) is 0 Å². The number of nitrogens with zero attached hydrogens (tertiary/aromatic N) is 2. The van der Waals surface area contributed by atoms with Crippen molar-refractivity contribution >= 4 is 55.0 Å². The van der Waals surface area contributed by atoms with Gasteiger partial charge < -0.3 is 5.32 Å². The van der Waals surface area contributed by atoms with Gasteiger partial charge in [0, 0.05) is 18.8 Å². The van der Waals surface area contributed by atoms with E-state index in [9.17, 15) is 18.5 Å². The summed E-state index contributed by atoms with van der Waals surface area (Å²) in [5.41, 5.74) is 1.01. The van der Waals surface area contributed by atoms with Gasteiger partial charge in [-0.2, -0.15) is 9.57 Å². The van der Waals surface area contributed by atoms with Gasteiger partial charge in [0.25, 0.3) is 5.91 Å². The lowest BCUT2D eigenvalue weighted by molar-refractivity contribution is -0.112. The van der Waals surface area contributed by atoms with Gasteiger partial charge in [-0.15, -0.1) is 11.3 Å². The van der Waals surface area contributed by atoms with Gasteiger partial charge in [0.05, 0.1) is 8.68 Å². The molecule has 1 aromatic carbocycles. The summed E-state index contributed by atoms with van der Waals surface area (Å²) in [5.74, 6) is -0.586. The molecule has 3 rings (SSSR count). The van der Waals surface area contributed by atoms with Gasteiger partial charge in [-0.1, -0.05) is 12.5 Å². The maximum Gasteiger partial charge on any atom is 0.266 e. The molecule has 2 heterocycles. The van der Waals surface area contributed by atoms with Crippen LogP contribution in [0.3, 0.4) is 0 Å². The number of anilines is 1. The summed E-state index contributed by atoms with van der Waals surface area (Å²) in [7, 11) is -3.59. The zero-order chi connectivity index (χ0) is 20.1. The van der Waals surface area contributed by atoms with E-state index in [1.165, 1.54) is 33.9 Å². The molecule has 0 radical (unpaired) electrons. The molecule has 1 fully saturated rings. The van der Waals surface area contributed by atoms with Crippen molar-refractivity contribution < 1.29 is 13.2 Å². The van der Waals surface area contributed by atoms with Gasteiger partial charge in [-0.05, 0) is 70.1 Å². The third-order valence-electron chi connectivity index (χ3n) is 4.31. The van der Waals surface area contributed by atoms with Crippen LogP contribution in [-0.2, 0) is 14.8 Å². The van der Waals surface area contributed by atoms with Crippen molar-refractivity contribution in [1.29, 1.82) is 5.26 Å². The van der Waals surface area contributed by atoms with Gasteiger partial charge >= 0.3 is 0 Å². The molecule has 1 aliphatic heterocycles. The fourth-order valence-corrected chi connectivity index (χ4v) is 5.60. The molecule has 0 saturated carbocycles. The number of halogens is 1. The van der Waals surface area contributed by atoms with Crippen LogP contribution in [-0.4, -0.2) is 31.7 Å². The summed E-state index contributed by atoms with van der Waals surface area (Å²) in [4.78, 5) is 12.6. The topological polar surface area (TPSA) is 90.3 Å². The van der Waals surface area contributed by atoms with Crippen molar-refractivity contribution in [2.45, 2.75) is 24.2 Å². The number of sulfonamides is 1. The van der Waals surface area contributed by atoms with Crippen molar-refractivity contribution in [3.05, 3.63) is 50.6 Å². The molecule has 1 amide bonds. The molecule has 0 aliphatic carbocycles. The smallest absolute Gasteiger partial charge is 0.266 e. The average Bonchev–Trinajstić information content (AvgIpc) is 3.11. The fourth-order valence-electron chi connectivity index (χ4n) is 2.90. The van der Waals surface area contributed by atoms with Crippen LogP contribution in [0, 0.1) is 11.3 Å². The Hall–Kier alpha value is -1.99. The van der Waals surface area contributed by atoms with Gasteiger partial charge in [0.15, 0.2) is 0 Å². The number of rotatable bonds is 5. The Morgan fingerprint density at radius 2 is 2.00 bits per heavy atom. The lowest BCUT2D eigenvalue weighted by Crippen LogP contribution is -2.35. The summed E-state index contributed by atoms with van der Waals surface area (Å²) in [6, 6.07) is 9.82. The highest BCUT2D eigenvalue weighted by atomic mass is 79.9. The molecule has 0 spiro atoms. The van der Waals surface area contributed by atoms with E-state index in [2.05, 4.69) is 21.2 Å². The first-order valence-corrected chi connectivity index (χ1v) is 11.8. The second-order valence-corrected chi connectivity index (χ2v) is 10.5. The molecule has 146 valence electrons. The van der Waals surface area contributed by atoms with Crippen molar-refractivity contribution in [3.8, 4) is 6.07 Å². The van der Waals surface area contributed by atoms with Crippen LogP contribution in [0.25, 0.3) is 6.08 Å². The number of thiophene rings is 1. The number of carbonyl (C=O) groups is 1. The van der Waals surface area contributed by atoms with E-state index < -0.39 is 15.9 Å². The van der Waals surface area contributed by atoms with E-state index in [1.54, 1.807) is 18.2 Å². The Labute approximate surface area is 176 Å². The number of nitrogens with one attached hydrogen (secondary N) is 1. The van der Waals surface area contributed by atoms with Gasteiger partial charge in [-0.3, -0.25) is 4.79 Å². The Bertz CT molecular complexity index is 1050. The maximum atomic E-state index is 12.8. The zero-order valence-corrected chi connectivity index (χ0v) is 18.1.